The number of hydrogen-bond acceptors (Lipinski definition) is 7. The van der Waals surface area contributed by atoms with Crippen LogP contribution in [0.4, 0.5) is 24.7 Å². The number of alkyl halides is 3. The molecule has 1 unspecified atom stereocenters. The lowest BCUT2D eigenvalue weighted by molar-refractivity contribution is -0.137. The second-order valence-electron chi connectivity index (χ2n) is 7.62. The van der Waals surface area contributed by atoms with Gasteiger partial charge in [-0.1, -0.05) is 6.07 Å². The van der Waals surface area contributed by atoms with Gasteiger partial charge in [0.25, 0.3) is 0 Å². The Kier molecular flexibility index (Phi) is 5.07. The van der Waals surface area contributed by atoms with Crippen molar-refractivity contribution in [2.24, 2.45) is 16.5 Å². The zero-order valence-electron chi connectivity index (χ0n) is 16.8. The summed E-state index contributed by atoms with van der Waals surface area (Å²) < 4.78 is 41.8. The molecule has 2 aromatic rings. The largest absolute Gasteiger partial charge is 0.417 e. The molecule has 7 nitrogen and oxygen atoms in total. The summed E-state index contributed by atoms with van der Waals surface area (Å²) in [6.45, 7) is 2.82. The lowest BCUT2D eigenvalue weighted by Crippen LogP contribution is -2.44. The lowest BCUT2D eigenvalue weighted by atomic mass is 9.98. The fraction of sp³-hybridized carbons (Fsp3) is 0.400. The summed E-state index contributed by atoms with van der Waals surface area (Å²) in [6, 6.07) is 7.50. The van der Waals surface area contributed by atoms with Crippen LogP contribution in [0.5, 0.6) is 0 Å². The Morgan fingerprint density at radius 1 is 1.03 bits per heavy atom. The molecule has 2 aliphatic heterocycles. The molecule has 0 amide bonds. The van der Waals surface area contributed by atoms with Gasteiger partial charge in [0.2, 0.25) is 0 Å². The van der Waals surface area contributed by atoms with E-state index in [1.165, 1.54) is 6.07 Å². The maximum absolute atomic E-state index is 13.9. The molecular weight excluding hydrogens is 395 g/mol. The zero-order chi connectivity index (χ0) is 21.6. The Bertz CT molecular complexity index is 981. The van der Waals surface area contributed by atoms with Crippen molar-refractivity contribution < 1.29 is 13.2 Å². The highest BCUT2D eigenvalue weighted by molar-refractivity contribution is 5.85. The van der Waals surface area contributed by atoms with Gasteiger partial charge in [-0.3, -0.25) is 0 Å². The highest BCUT2D eigenvalue weighted by Crippen LogP contribution is 2.43. The fourth-order valence-corrected chi connectivity index (χ4v) is 3.81. The van der Waals surface area contributed by atoms with Crippen molar-refractivity contribution in [1.29, 1.82) is 0 Å². The molecule has 1 saturated heterocycles. The van der Waals surface area contributed by atoms with Gasteiger partial charge >= 0.3 is 6.18 Å². The van der Waals surface area contributed by atoms with Gasteiger partial charge in [0.1, 0.15) is 6.17 Å². The van der Waals surface area contributed by atoms with E-state index < -0.39 is 17.9 Å². The number of piperazine rings is 1. The van der Waals surface area contributed by atoms with E-state index in [2.05, 4.69) is 14.9 Å². The van der Waals surface area contributed by atoms with E-state index in [1.54, 1.807) is 30.1 Å². The number of fused-ring (bicyclic) bond motifs is 1. The van der Waals surface area contributed by atoms with Crippen molar-refractivity contribution in [2.45, 2.75) is 12.3 Å². The number of hydrogen-bond donors (Lipinski definition) is 2. The van der Waals surface area contributed by atoms with Gasteiger partial charge in [0.15, 0.2) is 11.8 Å². The number of aromatic nitrogens is 1. The summed E-state index contributed by atoms with van der Waals surface area (Å²) >= 11 is 0. The first kappa shape index (κ1) is 20.4. The third-order valence-corrected chi connectivity index (χ3v) is 5.67. The van der Waals surface area contributed by atoms with E-state index in [0.29, 0.717) is 24.3 Å². The Morgan fingerprint density at radius 3 is 2.40 bits per heavy atom. The number of nitrogens with zero attached hydrogens (tertiary/aromatic N) is 5. The highest BCUT2D eigenvalue weighted by Gasteiger charge is 2.36. The van der Waals surface area contributed by atoms with E-state index in [4.69, 9.17) is 11.5 Å². The number of pyridine rings is 1. The van der Waals surface area contributed by atoms with E-state index in [0.717, 1.165) is 19.2 Å². The summed E-state index contributed by atoms with van der Waals surface area (Å²) in [6.07, 6.45) is -5.08. The molecule has 4 rings (SSSR count). The topological polar surface area (TPSA) is 87.0 Å². The molecule has 0 saturated carbocycles. The van der Waals surface area contributed by atoms with Gasteiger partial charge in [-0.2, -0.15) is 18.2 Å². The fourth-order valence-electron chi connectivity index (χ4n) is 3.81. The van der Waals surface area contributed by atoms with Crippen LogP contribution in [0.15, 0.2) is 35.3 Å². The second-order valence-corrected chi connectivity index (χ2v) is 7.62. The average molecular weight is 419 g/mol. The molecule has 30 heavy (non-hydrogen) atoms. The average Bonchev–Trinajstić information content (AvgIpc) is 2.71. The number of anilines is 1. The normalized spacial score (nSPS) is 20.2. The summed E-state index contributed by atoms with van der Waals surface area (Å²) in [7, 11) is 3.70. The van der Waals surface area contributed by atoms with Crippen LogP contribution in [0.25, 0.3) is 11.3 Å². The molecular formula is C20H24F3N7. The van der Waals surface area contributed by atoms with Gasteiger partial charge in [-0.25, -0.2) is 4.98 Å². The monoisotopic (exact) mass is 419 g/mol. The van der Waals surface area contributed by atoms with Crippen LogP contribution >= 0.6 is 0 Å². The molecule has 1 aromatic carbocycles. The molecule has 1 atom stereocenters. The standard InChI is InChI=1S/C20H24F3N7/c1-28-8-10-30(11-9-28)15-5-3-4-13(20(21,22)23)16(15)14-7-6-12-17(24)29(2)19(25)27-18(12)26-14/h3-7,17H,8-11,24H2,1-2H3,(H2,25,26,27). The van der Waals surface area contributed by atoms with Crippen LogP contribution in [0.2, 0.25) is 0 Å². The number of halogens is 3. The molecule has 2 aliphatic rings. The summed E-state index contributed by atoms with van der Waals surface area (Å²) in [5, 5.41) is 0. The minimum atomic E-state index is -4.52. The van der Waals surface area contributed by atoms with E-state index in [1.807, 2.05) is 11.9 Å². The Labute approximate surface area is 172 Å². The third kappa shape index (κ3) is 3.56. The first-order valence-corrected chi connectivity index (χ1v) is 9.64. The maximum Gasteiger partial charge on any atom is 0.417 e. The van der Waals surface area contributed by atoms with Crippen LogP contribution in [0.3, 0.4) is 0 Å². The van der Waals surface area contributed by atoms with Crippen LogP contribution in [-0.2, 0) is 6.18 Å². The number of aliphatic imine (C=N–C) groups is 1. The Morgan fingerprint density at radius 2 is 1.73 bits per heavy atom. The number of rotatable bonds is 2. The third-order valence-electron chi connectivity index (χ3n) is 5.67. The first-order chi connectivity index (χ1) is 14.2. The van der Waals surface area contributed by atoms with Crippen LogP contribution in [0.1, 0.15) is 17.3 Å². The van der Waals surface area contributed by atoms with Crippen molar-refractivity contribution in [1.82, 2.24) is 14.8 Å². The highest BCUT2D eigenvalue weighted by atomic mass is 19.4. The van der Waals surface area contributed by atoms with Crippen molar-refractivity contribution in [3.05, 3.63) is 41.5 Å². The second kappa shape index (κ2) is 7.44. The van der Waals surface area contributed by atoms with Gasteiger partial charge in [0.05, 0.1) is 11.3 Å². The van der Waals surface area contributed by atoms with Gasteiger partial charge in [0, 0.05) is 50.0 Å². The van der Waals surface area contributed by atoms with Crippen molar-refractivity contribution >= 4 is 17.5 Å². The molecule has 10 heteroatoms. The molecule has 0 radical (unpaired) electrons. The summed E-state index contributed by atoms with van der Waals surface area (Å²) in [4.78, 5) is 14.4. The van der Waals surface area contributed by atoms with E-state index >= 15 is 0 Å². The number of guanidine groups is 1. The van der Waals surface area contributed by atoms with Crippen molar-refractivity contribution in [3.8, 4) is 11.3 Å². The van der Waals surface area contributed by atoms with Crippen LogP contribution < -0.4 is 16.4 Å². The molecule has 0 bridgehead atoms. The molecule has 0 spiro atoms. The lowest BCUT2D eigenvalue weighted by Gasteiger charge is -2.36. The molecule has 3 heterocycles. The van der Waals surface area contributed by atoms with Crippen molar-refractivity contribution in [3.63, 3.8) is 0 Å². The minimum Gasteiger partial charge on any atom is -0.369 e. The van der Waals surface area contributed by atoms with Gasteiger partial charge in [-0.15, -0.1) is 0 Å². The van der Waals surface area contributed by atoms with Gasteiger partial charge < -0.3 is 26.2 Å². The summed E-state index contributed by atoms with van der Waals surface area (Å²) in [5.74, 6) is 0.417. The number of nitrogens with two attached hydrogens (primary N) is 2. The Balaban J connectivity index is 1.87. The quantitative estimate of drug-likeness (QED) is 0.777. The molecule has 1 fully saturated rings. The molecule has 1 aromatic heterocycles. The van der Waals surface area contributed by atoms with Crippen LogP contribution in [0, 0.1) is 0 Å². The predicted octanol–water partition coefficient (Wildman–Crippen LogP) is 2.37. The van der Waals surface area contributed by atoms with E-state index in [-0.39, 0.29) is 23.0 Å². The number of benzene rings is 1. The van der Waals surface area contributed by atoms with Crippen LogP contribution in [-0.4, -0.2) is 61.0 Å². The van der Waals surface area contributed by atoms with E-state index in [9.17, 15) is 13.2 Å². The van der Waals surface area contributed by atoms with Crippen molar-refractivity contribution in [2.75, 3.05) is 45.2 Å². The Hall–Kier alpha value is -2.85. The minimum absolute atomic E-state index is 0.0543. The smallest absolute Gasteiger partial charge is 0.369 e. The number of likely N-dealkylation sites (N-methyl/N-ethyl adjacent to an activating group) is 1. The SMILES string of the molecule is CN1CCN(c2cccc(C(F)(F)F)c2-c2ccc3c(n2)N=C(N)N(C)C3N)CC1. The molecule has 160 valence electrons. The first-order valence-electron chi connectivity index (χ1n) is 9.64. The predicted molar refractivity (Wildman–Crippen MR) is 110 cm³/mol. The maximum atomic E-state index is 13.9. The van der Waals surface area contributed by atoms with Gasteiger partial charge in [-0.05, 0) is 31.3 Å². The zero-order valence-corrected chi connectivity index (χ0v) is 16.8. The molecule has 4 N–H and O–H groups in total. The molecule has 0 aliphatic carbocycles. The summed E-state index contributed by atoms with van der Waals surface area (Å²) in [5.41, 5.74) is 12.7.